The second kappa shape index (κ2) is 9.64. The van der Waals surface area contributed by atoms with Crippen molar-refractivity contribution in [2.24, 2.45) is 0 Å². The summed E-state index contributed by atoms with van der Waals surface area (Å²) in [5, 5.41) is -0.142. The van der Waals surface area contributed by atoms with Crippen LogP contribution in [-0.4, -0.2) is 18.7 Å². The summed E-state index contributed by atoms with van der Waals surface area (Å²) < 4.78 is 62.3. The lowest BCUT2D eigenvalue weighted by Gasteiger charge is -2.17. The highest BCUT2D eigenvalue weighted by molar-refractivity contribution is 9.10. The van der Waals surface area contributed by atoms with E-state index in [1.807, 2.05) is 0 Å². The van der Waals surface area contributed by atoms with Crippen LogP contribution >= 0.6 is 15.9 Å². The topological polar surface area (TPSA) is 75.0 Å². The highest BCUT2D eigenvalue weighted by Crippen LogP contribution is 2.40. The molecule has 3 rings (SSSR count). The number of ether oxygens (including phenoxy) is 3. The zero-order chi connectivity index (χ0) is 23.5. The number of carbonyl (C=O) groups excluding carboxylic acids is 1. The molecule has 0 amide bonds. The van der Waals surface area contributed by atoms with Gasteiger partial charge in [-0.3, -0.25) is 4.79 Å². The number of hydrogen-bond donors (Lipinski definition) is 0. The minimum absolute atomic E-state index is 0.0184. The molecule has 0 saturated heterocycles. The Balaban J connectivity index is 2.08. The van der Waals surface area contributed by atoms with Crippen LogP contribution < -0.4 is 14.9 Å². The molecular formula is C22H18BrF3O6. The minimum Gasteiger partial charge on any atom is -0.479 e. The number of para-hydroxylation sites is 1. The van der Waals surface area contributed by atoms with Gasteiger partial charge in [-0.1, -0.05) is 19.1 Å². The van der Waals surface area contributed by atoms with Gasteiger partial charge in [0.25, 0.3) is 5.76 Å². The van der Waals surface area contributed by atoms with Gasteiger partial charge in [0, 0.05) is 6.07 Å². The van der Waals surface area contributed by atoms with Gasteiger partial charge >= 0.3 is 12.1 Å². The Morgan fingerprint density at radius 1 is 1.16 bits per heavy atom. The molecule has 1 unspecified atom stereocenters. The Bertz CT molecular complexity index is 1190. The number of benzene rings is 2. The van der Waals surface area contributed by atoms with Crippen LogP contribution in [0, 0.1) is 0 Å². The summed E-state index contributed by atoms with van der Waals surface area (Å²) in [5.74, 6) is -3.11. The standard InChI is InChI=1S/C22H18BrF3O6/c1-3-15(21(28)29-4-2)30-12-9-10-13-17(11-12)32-20(22(24,25)26)19(18(13)27)31-16-8-6-5-7-14(16)23/h5-11,15H,3-4H2,1-2H3. The lowest BCUT2D eigenvalue weighted by Crippen LogP contribution is -2.28. The molecule has 170 valence electrons. The van der Waals surface area contributed by atoms with E-state index in [0.717, 1.165) is 6.07 Å². The molecule has 0 spiro atoms. The molecule has 1 atom stereocenters. The van der Waals surface area contributed by atoms with Crippen molar-refractivity contribution in [3.05, 3.63) is 62.9 Å². The summed E-state index contributed by atoms with van der Waals surface area (Å²) in [5.41, 5.74) is -1.36. The number of alkyl halides is 3. The third-order valence-electron chi connectivity index (χ3n) is 4.33. The second-order valence-corrected chi connectivity index (χ2v) is 7.40. The van der Waals surface area contributed by atoms with E-state index in [1.54, 1.807) is 32.0 Å². The summed E-state index contributed by atoms with van der Waals surface area (Å²) in [4.78, 5) is 24.8. The van der Waals surface area contributed by atoms with E-state index in [1.165, 1.54) is 18.2 Å². The third kappa shape index (κ3) is 5.07. The summed E-state index contributed by atoms with van der Waals surface area (Å²) in [6, 6.07) is 9.89. The highest BCUT2D eigenvalue weighted by Gasteiger charge is 2.40. The third-order valence-corrected chi connectivity index (χ3v) is 4.98. The van der Waals surface area contributed by atoms with E-state index in [9.17, 15) is 22.8 Å². The van der Waals surface area contributed by atoms with Crippen LogP contribution in [0.4, 0.5) is 13.2 Å². The molecule has 1 aromatic heterocycles. The first-order valence-electron chi connectivity index (χ1n) is 9.59. The molecular weight excluding hydrogens is 497 g/mol. The molecule has 0 N–H and O–H groups in total. The van der Waals surface area contributed by atoms with Crippen LogP contribution in [-0.2, 0) is 15.7 Å². The summed E-state index contributed by atoms with van der Waals surface area (Å²) in [6.45, 7) is 3.48. The summed E-state index contributed by atoms with van der Waals surface area (Å²) >= 11 is 3.17. The van der Waals surface area contributed by atoms with Crippen molar-refractivity contribution in [1.29, 1.82) is 0 Å². The molecule has 0 radical (unpaired) electrons. The molecule has 0 aliphatic heterocycles. The van der Waals surface area contributed by atoms with Gasteiger partial charge < -0.3 is 18.6 Å². The van der Waals surface area contributed by atoms with Gasteiger partial charge in [-0.2, -0.15) is 13.2 Å². The van der Waals surface area contributed by atoms with Crippen LogP contribution in [0.25, 0.3) is 11.0 Å². The predicted molar refractivity (Wildman–Crippen MR) is 113 cm³/mol. The Kier molecular flexibility index (Phi) is 7.12. The average Bonchev–Trinajstić information content (AvgIpc) is 2.74. The van der Waals surface area contributed by atoms with Gasteiger partial charge in [0.2, 0.25) is 11.2 Å². The Morgan fingerprint density at radius 3 is 2.50 bits per heavy atom. The molecule has 0 aliphatic carbocycles. The Morgan fingerprint density at radius 2 is 1.88 bits per heavy atom. The number of halogens is 4. The Labute approximate surface area is 189 Å². The fourth-order valence-electron chi connectivity index (χ4n) is 2.84. The molecule has 6 nitrogen and oxygen atoms in total. The van der Waals surface area contributed by atoms with E-state index in [4.69, 9.17) is 18.6 Å². The predicted octanol–water partition coefficient (Wildman–Crippen LogP) is 6.09. The monoisotopic (exact) mass is 514 g/mol. The van der Waals surface area contributed by atoms with E-state index in [0.29, 0.717) is 4.47 Å². The van der Waals surface area contributed by atoms with Crippen LogP contribution in [0.1, 0.15) is 26.0 Å². The smallest absolute Gasteiger partial charge is 0.453 e. The first-order chi connectivity index (χ1) is 15.2. The quantitative estimate of drug-likeness (QED) is 0.355. The first-order valence-corrected chi connectivity index (χ1v) is 10.4. The van der Waals surface area contributed by atoms with Crippen molar-refractivity contribution in [3.63, 3.8) is 0 Å². The molecule has 32 heavy (non-hydrogen) atoms. The van der Waals surface area contributed by atoms with Gasteiger partial charge in [0.05, 0.1) is 16.5 Å². The average molecular weight is 515 g/mol. The van der Waals surface area contributed by atoms with Gasteiger partial charge in [-0.05, 0) is 53.5 Å². The molecule has 0 bridgehead atoms. The Hall–Kier alpha value is -3.01. The molecule has 10 heteroatoms. The van der Waals surface area contributed by atoms with Gasteiger partial charge in [0.15, 0.2) is 6.10 Å². The minimum atomic E-state index is -5.00. The lowest BCUT2D eigenvalue weighted by atomic mass is 10.2. The molecule has 0 fully saturated rings. The van der Waals surface area contributed by atoms with E-state index < -0.39 is 35.2 Å². The summed E-state index contributed by atoms with van der Waals surface area (Å²) in [6.07, 6.45) is -5.69. The van der Waals surface area contributed by atoms with Crippen LogP contribution in [0.15, 0.2) is 56.1 Å². The second-order valence-electron chi connectivity index (χ2n) is 6.54. The van der Waals surface area contributed by atoms with Crippen LogP contribution in [0.5, 0.6) is 17.2 Å². The number of fused-ring (bicyclic) bond motifs is 1. The largest absolute Gasteiger partial charge is 0.479 e. The number of hydrogen-bond acceptors (Lipinski definition) is 6. The fraction of sp³-hybridized carbons (Fsp3) is 0.273. The normalized spacial score (nSPS) is 12.4. The maximum absolute atomic E-state index is 13.7. The number of carbonyl (C=O) groups is 1. The van der Waals surface area contributed by atoms with Crippen LogP contribution in [0.3, 0.4) is 0 Å². The number of rotatable bonds is 7. The molecule has 0 aliphatic rings. The van der Waals surface area contributed by atoms with E-state index in [2.05, 4.69) is 15.9 Å². The zero-order valence-electron chi connectivity index (χ0n) is 17.0. The fourth-order valence-corrected chi connectivity index (χ4v) is 3.21. The van der Waals surface area contributed by atoms with Crippen molar-refractivity contribution in [2.45, 2.75) is 32.5 Å². The molecule has 0 saturated carbocycles. The highest BCUT2D eigenvalue weighted by atomic mass is 79.9. The van der Waals surface area contributed by atoms with Crippen molar-refractivity contribution < 1.29 is 36.6 Å². The van der Waals surface area contributed by atoms with Crippen molar-refractivity contribution in [3.8, 4) is 17.2 Å². The van der Waals surface area contributed by atoms with Gasteiger partial charge in [0.1, 0.15) is 17.1 Å². The molecule has 2 aromatic carbocycles. The van der Waals surface area contributed by atoms with Crippen molar-refractivity contribution in [2.75, 3.05) is 6.61 Å². The lowest BCUT2D eigenvalue weighted by molar-refractivity contribution is -0.154. The molecule has 3 aromatic rings. The van der Waals surface area contributed by atoms with E-state index in [-0.39, 0.29) is 35.5 Å². The van der Waals surface area contributed by atoms with Crippen molar-refractivity contribution >= 4 is 32.9 Å². The van der Waals surface area contributed by atoms with Crippen molar-refractivity contribution in [1.82, 2.24) is 0 Å². The maximum Gasteiger partial charge on any atom is 0.453 e. The SMILES string of the molecule is CCOC(=O)C(CC)Oc1ccc2c(=O)c(Oc3ccccc3Br)c(C(F)(F)F)oc2c1. The number of esters is 1. The summed E-state index contributed by atoms with van der Waals surface area (Å²) in [7, 11) is 0. The first kappa shape index (κ1) is 23.6. The van der Waals surface area contributed by atoms with E-state index >= 15 is 0 Å². The van der Waals surface area contributed by atoms with Gasteiger partial charge in [-0.25, -0.2) is 4.79 Å². The van der Waals surface area contributed by atoms with Gasteiger partial charge in [-0.15, -0.1) is 0 Å². The molecule has 1 heterocycles. The maximum atomic E-state index is 13.7. The zero-order valence-corrected chi connectivity index (χ0v) is 18.6. The van der Waals surface area contributed by atoms with Crippen LogP contribution in [0.2, 0.25) is 0 Å².